The first-order valence-electron chi connectivity index (χ1n) is 5.11. The highest BCUT2D eigenvalue weighted by molar-refractivity contribution is 5.74. The Balaban J connectivity index is 2.10. The molecule has 0 unspecified atom stereocenters. The van der Waals surface area contributed by atoms with Crippen molar-refractivity contribution in [1.29, 1.82) is 0 Å². The third-order valence-corrected chi connectivity index (χ3v) is 2.25. The van der Waals surface area contributed by atoms with Crippen LogP contribution in [0.2, 0.25) is 0 Å². The summed E-state index contributed by atoms with van der Waals surface area (Å²) in [5, 5.41) is 14.7. The van der Waals surface area contributed by atoms with Crippen molar-refractivity contribution in [3.8, 4) is 0 Å². The number of carbonyl (C=O) groups is 1. The van der Waals surface area contributed by atoms with E-state index >= 15 is 0 Å². The van der Waals surface area contributed by atoms with Crippen molar-refractivity contribution in [2.45, 2.75) is 45.3 Å². The summed E-state index contributed by atoms with van der Waals surface area (Å²) in [5.41, 5.74) is -0.191. The van der Waals surface area contributed by atoms with Crippen LogP contribution in [0.1, 0.15) is 33.6 Å². The minimum absolute atomic E-state index is 0.126. The molecule has 0 radical (unpaired) electrons. The fourth-order valence-electron chi connectivity index (χ4n) is 1.49. The van der Waals surface area contributed by atoms with Crippen LogP contribution >= 0.6 is 0 Å². The van der Waals surface area contributed by atoms with Crippen molar-refractivity contribution in [2.75, 3.05) is 6.54 Å². The average molecular weight is 200 g/mol. The lowest BCUT2D eigenvalue weighted by Crippen LogP contribution is -2.48. The molecule has 1 aliphatic rings. The standard InChI is InChI=1S/C10H20N2O2/c1-10(2,3)12-9(14)11-6-7-4-8(13)5-7/h7-8,13H,4-6H2,1-3H3,(H2,11,12,14). The van der Waals surface area contributed by atoms with E-state index in [1.54, 1.807) is 0 Å². The number of nitrogens with one attached hydrogen (secondary N) is 2. The molecule has 0 bridgehead atoms. The SMILES string of the molecule is CC(C)(C)NC(=O)NCC1CC(O)C1. The maximum absolute atomic E-state index is 11.3. The summed E-state index contributed by atoms with van der Waals surface area (Å²) in [6, 6.07) is -0.126. The van der Waals surface area contributed by atoms with E-state index in [-0.39, 0.29) is 17.7 Å². The van der Waals surface area contributed by atoms with Crippen molar-refractivity contribution in [1.82, 2.24) is 10.6 Å². The van der Waals surface area contributed by atoms with E-state index < -0.39 is 0 Å². The van der Waals surface area contributed by atoms with Gasteiger partial charge in [-0.3, -0.25) is 0 Å². The summed E-state index contributed by atoms with van der Waals surface area (Å²) in [6.07, 6.45) is 1.48. The molecular weight excluding hydrogens is 180 g/mol. The van der Waals surface area contributed by atoms with E-state index in [9.17, 15) is 4.79 Å². The molecule has 0 spiro atoms. The van der Waals surface area contributed by atoms with Gasteiger partial charge in [0.2, 0.25) is 0 Å². The smallest absolute Gasteiger partial charge is 0.315 e. The predicted octanol–water partition coefficient (Wildman–Crippen LogP) is 0.855. The van der Waals surface area contributed by atoms with Crippen molar-refractivity contribution in [3.63, 3.8) is 0 Å². The number of aliphatic hydroxyl groups is 1. The molecule has 1 saturated carbocycles. The van der Waals surface area contributed by atoms with Gasteiger partial charge >= 0.3 is 6.03 Å². The zero-order valence-electron chi connectivity index (χ0n) is 9.13. The third-order valence-electron chi connectivity index (χ3n) is 2.25. The van der Waals surface area contributed by atoms with E-state index in [1.807, 2.05) is 20.8 Å². The van der Waals surface area contributed by atoms with Crippen LogP contribution < -0.4 is 10.6 Å². The second kappa shape index (κ2) is 4.17. The Morgan fingerprint density at radius 1 is 1.43 bits per heavy atom. The normalized spacial score (nSPS) is 26.6. The summed E-state index contributed by atoms with van der Waals surface area (Å²) in [4.78, 5) is 11.3. The van der Waals surface area contributed by atoms with E-state index in [2.05, 4.69) is 10.6 Å². The highest BCUT2D eigenvalue weighted by Crippen LogP contribution is 2.25. The molecule has 1 aliphatic carbocycles. The van der Waals surface area contributed by atoms with Gasteiger partial charge in [-0.2, -0.15) is 0 Å². The monoisotopic (exact) mass is 200 g/mol. The highest BCUT2D eigenvalue weighted by atomic mass is 16.3. The number of rotatable bonds is 2. The van der Waals surface area contributed by atoms with E-state index in [4.69, 9.17) is 5.11 Å². The maximum atomic E-state index is 11.3. The molecule has 0 saturated heterocycles. The first-order chi connectivity index (χ1) is 6.37. The fraction of sp³-hybridized carbons (Fsp3) is 0.900. The molecule has 0 aliphatic heterocycles. The lowest BCUT2D eigenvalue weighted by atomic mass is 9.82. The number of urea groups is 1. The van der Waals surface area contributed by atoms with Gasteiger partial charge in [-0.1, -0.05) is 0 Å². The Morgan fingerprint density at radius 3 is 2.43 bits per heavy atom. The summed E-state index contributed by atoms with van der Waals surface area (Å²) < 4.78 is 0. The first-order valence-corrected chi connectivity index (χ1v) is 5.11. The Hall–Kier alpha value is -0.770. The topological polar surface area (TPSA) is 61.4 Å². The third kappa shape index (κ3) is 3.96. The highest BCUT2D eigenvalue weighted by Gasteiger charge is 2.27. The molecule has 2 amide bonds. The Labute approximate surface area is 85.1 Å². The van der Waals surface area contributed by atoms with Crippen molar-refractivity contribution >= 4 is 6.03 Å². The van der Waals surface area contributed by atoms with Gasteiger partial charge in [-0.25, -0.2) is 4.79 Å². The molecule has 0 aromatic rings. The predicted molar refractivity (Wildman–Crippen MR) is 55.0 cm³/mol. The average Bonchev–Trinajstić information content (AvgIpc) is 1.92. The van der Waals surface area contributed by atoms with Crippen molar-refractivity contribution in [2.24, 2.45) is 5.92 Å². The van der Waals surface area contributed by atoms with Crippen LogP contribution in [0, 0.1) is 5.92 Å². The Kier molecular flexibility index (Phi) is 3.37. The molecule has 0 aromatic carbocycles. The lowest BCUT2D eigenvalue weighted by Gasteiger charge is -2.31. The Morgan fingerprint density at radius 2 is 2.00 bits per heavy atom. The zero-order valence-corrected chi connectivity index (χ0v) is 9.13. The Bertz CT molecular complexity index is 205. The van der Waals surface area contributed by atoms with Crippen LogP contribution in [0.5, 0.6) is 0 Å². The van der Waals surface area contributed by atoms with Crippen LogP contribution in [0.3, 0.4) is 0 Å². The largest absolute Gasteiger partial charge is 0.393 e. The number of amides is 2. The van der Waals surface area contributed by atoms with Crippen LogP contribution in [0.15, 0.2) is 0 Å². The minimum Gasteiger partial charge on any atom is -0.393 e. The number of hydrogen-bond donors (Lipinski definition) is 3. The molecule has 3 N–H and O–H groups in total. The van der Waals surface area contributed by atoms with Gasteiger partial charge in [-0.15, -0.1) is 0 Å². The summed E-state index contributed by atoms with van der Waals surface area (Å²) >= 11 is 0. The number of aliphatic hydroxyl groups excluding tert-OH is 1. The van der Waals surface area contributed by atoms with E-state index in [1.165, 1.54) is 0 Å². The molecule has 1 rings (SSSR count). The van der Waals surface area contributed by atoms with Gasteiger partial charge in [-0.05, 0) is 39.5 Å². The van der Waals surface area contributed by atoms with Crippen LogP contribution in [0.25, 0.3) is 0 Å². The minimum atomic E-state index is -0.191. The summed E-state index contributed by atoms with van der Waals surface area (Å²) in [7, 11) is 0. The molecule has 0 aromatic heterocycles. The van der Waals surface area contributed by atoms with Crippen LogP contribution in [-0.4, -0.2) is 29.3 Å². The quantitative estimate of drug-likeness (QED) is 0.619. The molecule has 4 heteroatoms. The number of carbonyl (C=O) groups excluding carboxylic acids is 1. The van der Waals surface area contributed by atoms with Gasteiger partial charge in [0.15, 0.2) is 0 Å². The molecule has 14 heavy (non-hydrogen) atoms. The van der Waals surface area contributed by atoms with Gasteiger partial charge < -0.3 is 15.7 Å². The van der Waals surface area contributed by atoms with Gasteiger partial charge in [0, 0.05) is 12.1 Å². The van der Waals surface area contributed by atoms with Crippen LogP contribution in [0.4, 0.5) is 4.79 Å². The molecule has 4 nitrogen and oxygen atoms in total. The second-order valence-corrected chi connectivity index (χ2v) is 5.08. The fourth-order valence-corrected chi connectivity index (χ4v) is 1.49. The van der Waals surface area contributed by atoms with E-state index in [0.29, 0.717) is 12.5 Å². The molecule has 0 heterocycles. The first kappa shape index (κ1) is 11.3. The molecular formula is C10H20N2O2. The zero-order chi connectivity index (χ0) is 10.8. The van der Waals surface area contributed by atoms with Crippen molar-refractivity contribution in [3.05, 3.63) is 0 Å². The van der Waals surface area contributed by atoms with Crippen LogP contribution in [-0.2, 0) is 0 Å². The van der Waals surface area contributed by atoms with Crippen molar-refractivity contribution < 1.29 is 9.90 Å². The van der Waals surface area contributed by atoms with E-state index in [0.717, 1.165) is 12.8 Å². The van der Waals surface area contributed by atoms with Gasteiger partial charge in [0.05, 0.1) is 6.10 Å². The van der Waals surface area contributed by atoms with Gasteiger partial charge in [0.25, 0.3) is 0 Å². The maximum Gasteiger partial charge on any atom is 0.315 e. The molecule has 82 valence electrons. The second-order valence-electron chi connectivity index (χ2n) is 5.08. The lowest BCUT2D eigenvalue weighted by molar-refractivity contribution is 0.0440. The summed E-state index contributed by atoms with van der Waals surface area (Å²) in [6.45, 7) is 6.50. The van der Waals surface area contributed by atoms with Gasteiger partial charge in [0.1, 0.15) is 0 Å². The summed E-state index contributed by atoms with van der Waals surface area (Å²) in [5.74, 6) is 0.454. The molecule has 1 fully saturated rings. The number of hydrogen-bond acceptors (Lipinski definition) is 2. The molecule has 0 atom stereocenters.